The molecule has 0 aromatic carbocycles. The van der Waals surface area contributed by atoms with Crippen LogP contribution in [0.4, 0.5) is 0 Å². The highest BCUT2D eigenvalue weighted by atomic mass is 32.2. The van der Waals surface area contributed by atoms with Gasteiger partial charge >= 0.3 is 5.69 Å². The van der Waals surface area contributed by atoms with Crippen LogP contribution in [0.25, 0.3) is 5.65 Å². The van der Waals surface area contributed by atoms with Crippen molar-refractivity contribution >= 4 is 26.5 Å². The van der Waals surface area contributed by atoms with Gasteiger partial charge in [0.15, 0.2) is 0 Å². The average Bonchev–Trinajstić information content (AvgIpc) is 2.77. The highest BCUT2D eigenvalue weighted by molar-refractivity contribution is 7.89. The van der Waals surface area contributed by atoms with Gasteiger partial charge in [0.25, 0.3) is 10.0 Å². The van der Waals surface area contributed by atoms with Crippen molar-refractivity contribution in [3.05, 3.63) is 16.8 Å². The van der Waals surface area contributed by atoms with Crippen molar-refractivity contribution in [2.45, 2.75) is 10.9 Å². The number of rotatable bonds is 4. The monoisotopic (exact) mass is 306 g/mol. The maximum atomic E-state index is 11.9. The first-order valence-corrected chi connectivity index (χ1v) is 8.12. The Morgan fingerprint density at radius 3 is 2.74 bits per heavy atom. The molecule has 0 aliphatic rings. The molecule has 2 aromatic heterocycles. The summed E-state index contributed by atoms with van der Waals surface area (Å²) in [7, 11) is -3.89. The van der Waals surface area contributed by atoms with Crippen LogP contribution in [0, 0.1) is 0 Å². The van der Waals surface area contributed by atoms with Crippen molar-refractivity contribution in [3.8, 4) is 0 Å². The SMILES string of the molecule is CNS(=O)(=O)c1ncn2c(=O)n(CS(C)=O)nnc12. The Bertz CT molecular complexity index is 807. The molecule has 2 rings (SSSR count). The van der Waals surface area contributed by atoms with Crippen molar-refractivity contribution in [1.29, 1.82) is 0 Å². The number of aromatic nitrogens is 5. The summed E-state index contributed by atoms with van der Waals surface area (Å²) in [5, 5.41) is 6.78. The van der Waals surface area contributed by atoms with E-state index >= 15 is 0 Å². The van der Waals surface area contributed by atoms with Gasteiger partial charge in [0.05, 0.1) is 0 Å². The molecule has 104 valence electrons. The van der Waals surface area contributed by atoms with Crippen molar-refractivity contribution in [1.82, 2.24) is 29.1 Å². The average molecular weight is 306 g/mol. The fraction of sp³-hybridized carbons (Fsp3) is 0.429. The molecule has 0 saturated heterocycles. The fourth-order valence-electron chi connectivity index (χ4n) is 1.36. The van der Waals surface area contributed by atoms with Gasteiger partial charge in [-0.3, -0.25) is 4.21 Å². The van der Waals surface area contributed by atoms with E-state index in [2.05, 4.69) is 20.0 Å². The van der Waals surface area contributed by atoms with Crippen LogP contribution in [-0.4, -0.2) is 50.3 Å². The minimum Gasteiger partial charge on any atom is -0.258 e. The highest BCUT2D eigenvalue weighted by Gasteiger charge is 2.22. The van der Waals surface area contributed by atoms with Crippen LogP contribution in [0.2, 0.25) is 0 Å². The van der Waals surface area contributed by atoms with Crippen LogP contribution in [0.3, 0.4) is 0 Å². The molecule has 12 heteroatoms. The molecule has 0 bridgehead atoms. The van der Waals surface area contributed by atoms with Gasteiger partial charge in [-0.05, 0) is 7.05 Å². The van der Waals surface area contributed by atoms with E-state index < -0.39 is 26.5 Å². The fourth-order valence-corrected chi connectivity index (χ4v) is 2.62. The van der Waals surface area contributed by atoms with Crippen LogP contribution in [0.1, 0.15) is 0 Å². The smallest absolute Gasteiger partial charge is 0.258 e. The van der Waals surface area contributed by atoms with E-state index in [0.717, 1.165) is 15.4 Å². The normalized spacial score (nSPS) is 13.8. The second-order valence-corrected chi connectivity index (χ2v) is 6.73. The van der Waals surface area contributed by atoms with Gasteiger partial charge in [0.2, 0.25) is 10.7 Å². The summed E-state index contributed by atoms with van der Waals surface area (Å²) in [5.41, 5.74) is -0.845. The zero-order valence-electron chi connectivity index (χ0n) is 9.97. The highest BCUT2D eigenvalue weighted by Crippen LogP contribution is 2.09. The van der Waals surface area contributed by atoms with E-state index in [4.69, 9.17) is 0 Å². The summed E-state index contributed by atoms with van der Waals surface area (Å²) in [6.07, 6.45) is 2.44. The molecule has 1 N–H and O–H groups in total. The van der Waals surface area contributed by atoms with Gasteiger partial charge < -0.3 is 0 Å². The van der Waals surface area contributed by atoms with Crippen molar-refractivity contribution in [3.63, 3.8) is 0 Å². The molecular weight excluding hydrogens is 296 g/mol. The van der Waals surface area contributed by atoms with Gasteiger partial charge in [0.1, 0.15) is 12.2 Å². The van der Waals surface area contributed by atoms with Crippen LogP contribution >= 0.6 is 0 Å². The molecule has 1 unspecified atom stereocenters. The Hall–Kier alpha value is -1.66. The van der Waals surface area contributed by atoms with Crippen molar-refractivity contribution in [2.75, 3.05) is 13.3 Å². The third-order valence-corrected chi connectivity index (χ3v) is 4.15. The largest absolute Gasteiger partial charge is 0.353 e. The first-order valence-electron chi connectivity index (χ1n) is 4.91. The molecule has 0 radical (unpaired) electrons. The van der Waals surface area contributed by atoms with E-state index in [9.17, 15) is 17.4 Å². The Balaban J connectivity index is 2.69. The van der Waals surface area contributed by atoms with Crippen LogP contribution in [0.5, 0.6) is 0 Å². The Morgan fingerprint density at radius 1 is 1.47 bits per heavy atom. The Kier molecular flexibility index (Phi) is 3.47. The van der Waals surface area contributed by atoms with Gasteiger partial charge in [-0.2, -0.15) is 4.68 Å². The third-order valence-electron chi connectivity index (χ3n) is 2.21. The number of nitrogens with one attached hydrogen (secondary N) is 1. The minimum atomic E-state index is -3.83. The number of hydrogen-bond donors (Lipinski definition) is 1. The molecule has 19 heavy (non-hydrogen) atoms. The Labute approximate surface area is 110 Å². The van der Waals surface area contributed by atoms with Crippen molar-refractivity contribution < 1.29 is 12.6 Å². The van der Waals surface area contributed by atoms with Gasteiger partial charge in [0, 0.05) is 17.1 Å². The van der Waals surface area contributed by atoms with E-state index in [1.165, 1.54) is 13.3 Å². The summed E-state index contributed by atoms with van der Waals surface area (Å²) in [4.78, 5) is 15.6. The standard InChI is InChI=1S/C7H10N6O4S2/c1-8-19(16,17)6-5-10-11-13(4-18(2)15)7(14)12(5)3-9-6/h3,8H,4H2,1-2H3. The quantitative estimate of drug-likeness (QED) is 0.662. The molecule has 0 fully saturated rings. The zero-order chi connectivity index (χ0) is 14.2. The maximum absolute atomic E-state index is 11.9. The third kappa shape index (κ3) is 2.41. The predicted octanol–water partition coefficient (Wildman–Crippen LogP) is -2.47. The molecule has 2 aromatic rings. The Morgan fingerprint density at radius 2 is 2.16 bits per heavy atom. The van der Waals surface area contributed by atoms with E-state index in [1.54, 1.807) is 0 Å². The lowest BCUT2D eigenvalue weighted by atomic mass is 10.8. The maximum Gasteiger partial charge on any atom is 0.353 e. The molecule has 0 amide bonds. The van der Waals surface area contributed by atoms with Crippen molar-refractivity contribution in [2.24, 2.45) is 0 Å². The summed E-state index contributed by atoms with van der Waals surface area (Å²) in [6.45, 7) is 0. The van der Waals surface area contributed by atoms with E-state index in [-0.39, 0.29) is 16.5 Å². The second kappa shape index (κ2) is 4.79. The predicted molar refractivity (Wildman–Crippen MR) is 65.4 cm³/mol. The molecule has 0 aliphatic heterocycles. The van der Waals surface area contributed by atoms with Crippen LogP contribution < -0.4 is 10.4 Å². The van der Waals surface area contributed by atoms with E-state index in [0.29, 0.717) is 0 Å². The lowest BCUT2D eigenvalue weighted by molar-refractivity contribution is 0.576. The first kappa shape index (κ1) is 13.8. The number of hydrogen-bond acceptors (Lipinski definition) is 7. The van der Waals surface area contributed by atoms with Crippen LogP contribution in [0.15, 0.2) is 16.1 Å². The second-order valence-electron chi connectivity index (χ2n) is 3.52. The number of imidazole rings is 1. The molecule has 1 atom stereocenters. The number of nitrogens with zero attached hydrogens (tertiary/aromatic N) is 5. The van der Waals surface area contributed by atoms with Crippen LogP contribution in [-0.2, 0) is 26.7 Å². The molecule has 0 aliphatic carbocycles. The summed E-state index contributed by atoms with van der Waals surface area (Å²) < 4.78 is 38.2. The summed E-state index contributed by atoms with van der Waals surface area (Å²) in [6, 6.07) is 0. The van der Waals surface area contributed by atoms with Gasteiger partial charge in [-0.15, -0.1) is 5.10 Å². The molecule has 2 heterocycles. The minimum absolute atomic E-state index is 0.131. The molecule has 10 nitrogen and oxygen atoms in total. The van der Waals surface area contributed by atoms with Gasteiger partial charge in [-0.25, -0.2) is 27.3 Å². The molecule has 0 spiro atoms. The zero-order valence-corrected chi connectivity index (χ0v) is 11.6. The number of sulfonamides is 1. The lowest BCUT2D eigenvalue weighted by Crippen LogP contribution is -2.31. The number of fused-ring (bicyclic) bond motifs is 1. The topological polar surface area (TPSA) is 128 Å². The summed E-state index contributed by atoms with van der Waals surface area (Å²) in [5.74, 6) is -0.131. The summed E-state index contributed by atoms with van der Waals surface area (Å²) >= 11 is 0. The first-order chi connectivity index (χ1) is 8.86. The molecular formula is C7H10N6O4S2. The van der Waals surface area contributed by atoms with E-state index in [1.807, 2.05) is 0 Å². The van der Waals surface area contributed by atoms with Gasteiger partial charge in [-0.1, -0.05) is 5.21 Å². The lowest BCUT2D eigenvalue weighted by Gasteiger charge is -2.01. The molecule has 0 saturated carbocycles.